The van der Waals surface area contributed by atoms with E-state index in [-0.39, 0.29) is 5.95 Å². The molecule has 5 nitrogen and oxygen atoms in total. The van der Waals surface area contributed by atoms with Crippen molar-refractivity contribution in [3.05, 3.63) is 42.7 Å². The van der Waals surface area contributed by atoms with Gasteiger partial charge >= 0.3 is 6.09 Å². The van der Waals surface area contributed by atoms with Gasteiger partial charge in [0.15, 0.2) is 0 Å². The molecule has 0 aliphatic rings. The number of aromatic nitrogens is 2. The lowest BCUT2D eigenvalue weighted by Crippen LogP contribution is -2.30. The molecule has 0 aliphatic heterocycles. The van der Waals surface area contributed by atoms with Crippen molar-refractivity contribution >= 4 is 12.0 Å². The van der Waals surface area contributed by atoms with Crippen LogP contribution in [-0.4, -0.2) is 27.7 Å². The molecule has 0 unspecified atom stereocenters. The van der Waals surface area contributed by atoms with E-state index in [1.807, 2.05) is 30.3 Å². The van der Waals surface area contributed by atoms with E-state index in [2.05, 4.69) is 9.97 Å². The normalized spacial score (nSPS) is 10.1. The molecule has 1 heterocycles. The molecule has 0 spiro atoms. The number of amides is 1. The first-order valence-electron chi connectivity index (χ1n) is 5.60. The van der Waals surface area contributed by atoms with E-state index in [0.717, 1.165) is 16.0 Å². The first-order valence-corrected chi connectivity index (χ1v) is 5.60. The lowest BCUT2D eigenvalue weighted by Gasteiger charge is -2.14. The molecule has 0 saturated heterocycles. The highest BCUT2D eigenvalue weighted by molar-refractivity contribution is 5.83. The van der Waals surface area contributed by atoms with Gasteiger partial charge in [-0.25, -0.2) is 19.7 Å². The van der Waals surface area contributed by atoms with Crippen LogP contribution in [0.3, 0.4) is 0 Å². The molecule has 0 aliphatic carbocycles. The number of benzene rings is 1. The van der Waals surface area contributed by atoms with E-state index >= 15 is 0 Å². The van der Waals surface area contributed by atoms with Crippen LogP contribution in [0.15, 0.2) is 42.7 Å². The number of rotatable bonds is 3. The van der Waals surface area contributed by atoms with Gasteiger partial charge in [-0.3, -0.25) is 0 Å². The van der Waals surface area contributed by atoms with Crippen LogP contribution in [-0.2, 0) is 0 Å². The number of anilines is 1. The summed E-state index contributed by atoms with van der Waals surface area (Å²) >= 11 is 0. The van der Waals surface area contributed by atoms with Gasteiger partial charge in [-0.2, -0.15) is 0 Å². The van der Waals surface area contributed by atoms with E-state index in [1.165, 1.54) is 0 Å². The minimum Gasteiger partial charge on any atom is -0.465 e. The topological polar surface area (TPSA) is 66.3 Å². The Labute approximate surface area is 105 Å². The first kappa shape index (κ1) is 12.0. The zero-order valence-corrected chi connectivity index (χ0v) is 9.95. The smallest absolute Gasteiger partial charge is 0.414 e. The molecule has 1 aromatic heterocycles. The lowest BCUT2D eigenvalue weighted by atomic mass is 10.1. The van der Waals surface area contributed by atoms with Crippen LogP contribution in [0.2, 0.25) is 0 Å². The molecule has 0 radical (unpaired) electrons. The summed E-state index contributed by atoms with van der Waals surface area (Å²) in [5, 5.41) is 8.96. The Morgan fingerprint density at radius 2 is 1.78 bits per heavy atom. The van der Waals surface area contributed by atoms with Gasteiger partial charge in [0.1, 0.15) is 0 Å². The highest BCUT2D eigenvalue weighted by Gasteiger charge is 2.14. The molecule has 18 heavy (non-hydrogen) atoms. The largest absolute Gasteiger partial charge is 0.465 e. The molecule has 0 fully saturated rings. The maximum Gasteiger partial charge on any atom is 0.414 e. The fourth-order valence-electron chi connectivity index (χ4n) is 1.60. The van der Waals surface area contributed by atoms with Crippen molar-refractivity contribution in [2.75, 3.05) is 11.4 Å². The minimum atomic E-state index is -1.05. The number of nitrogens with zero attached hydrogens (tertiary/aromatic N) is 3. The zero-order valence-electron chi connectivity index (χ0n) is 9.95. The van der Waals surface area contributed by atoms with Crippen molar-refractivity contribution in [2.45, 2.75) is 6.92 Å². The van der Waals surface area contributed by atoms with Gasteiger partial charge in [0.2, 0.25) is 5.95 Å². The second-order valence-corrected chi connectivity index (χ2v) is 3.66. The third-order valence-corrected chi connectivity index (χ3v) is 2.53. The molecule has 1 N–H and O–H groups in total. The number of carboxylic acid groups (broad SMARTS) is 1. The minimum absolute atomic E-state index is 0.199. The molecule has 0 atom stereocenters. The fourth-order valence-corrected chi connectivity index (χ4v) is 1.60. The second-order valence-electron chi connectivity index (χ2n) is 3.66. The van der Waals surface area contributed by atoms with Crippen molar-refractivity contribution in [1.82, 2.24) is 9.97 Å². The van der Waals surface area contributed by atoms with Crippen molar-refractivity contribution in [1.29, 1.82) is 0 Å². The van der Waals surface area contributed by atoms with Crippen molar-refractivity contribution in [3.8, 4) is 11.1 Å². The Hall–Kier alpha value is -2.43. The van der Waals surface area contributed by atoms with Crippen molar-refractivity contribution in [3.63, 3.8) is 0 Å². The Morgan fingerprint density at radius 1 is 1.17 bits per heavy atom. The van der Waals surface area contributed by atoms with Crippen LogP contribution in [0.1, 0.15) is 6.92 Å². The van der Waals surface area contributed by atoms with Gasteiger partial charge in [0, 0.05) is 24.5 Å². The third-order valence-electron chi connectivity index (χ3n) is 2.53. The molecule has 2 aromatic rings. The summed E-state index contributed by atoms with van der Waals surface area (Å²) in [5.41, 5.74) is 1.86. The maximum atomic E-state index is 10.9. The third kappa shape index (κ3) is 2.45. The molecular weight excluding hydrogens is 230 g/mol. The van der Waals surface area contributed by atoms with Crippen LogP contribution in [0.5, 0.6) is 0 Å². The van der Waals surface area contributed by atoms with Crippen LogP contribution in [0.25, 0.3) is 11.1 Å². The quantitative estimate of drug-likeness (QED) is 0.899. The molecule has 92 valence electrons. The van der Waals surface area contributed by atoms with Gasteiger partial charge in [-0.05, 0) is 12.5 Å². The molecule has 2 rings (SSSR count). The van der Waals surface area contributed by atoms with Crippen LogP contribution in [0, 0.1) is 0 Å². The van der Waals surface area contributed by atoms with Gasteiger partial charge < -0.3 is 5.11 Å². The SMILES string of the molecule is CCN(C(=O)O)c1ncc(-c2ccccc2)cn1. The van der Waals surface area contributed by atoms with Gasteiger partial charge in [0.25, 0.3) is 0 Å². The number of hydrogen-bond donors (Lipinski definition) is 1. The highest BCUT2D eigenvalue weighted by Crippen LogP contribution is 2.18. The summed E-state index contributed by atoms with van der Waals surface area (Å²) in [4.78, 5) is 20.2. The van der Waals surface area contributed by atoms with E-state index in [9.17, 15) is 4.79 Å². The highest BCUT2D eigenvalue weighted by atomic mass is 16.4. The predicted octanol–water partition coefficient (Wildman–Crippen LogP) is 2.65. The Morgan fingerprint density at radius 3 is 2.28 bits per heavy atom. The van der Waals surface area contributed by atoms with E-state index < -0.39 is 6.09 Å². The van der Waals surface area contributed by atoms with Crippen LogP contribution < -0.4 is 4.90 Å². The second kappa shape index (κ2) is 5.27. The van der Waals surface area contributed by atoms with Crippen LogP contribution in [0.4, 0.5) is 10.7 Å². The zero-order chi connectivity index (χ0) is 13.0. The number of hydrogen-bond acceptors (Lipinski definition) is 3. The molecule has 1 aromatic carbocycles. The summed E-state index contributed by atoms with van der Waals surface area (Å²) in [7, 11) is 0. The first-order chi connectivity index (χ1) is 8.72. The summed E-state index contributed by atoms with van der Waals surface area (Å²) in [6.45, 7) is 2.06. The summed E-state index contributed by atoms with van der Waals surface area (Å²) in [6, 6.07) is 9.69. The fraction of sp³-hybridized carbons (Fsp3) is 0.154. The molecule has 0 bridgehead atoms. The predicted molar refractivity (Wildman–Crippen MR) is 68.5 cm³/mol. The van der Waals surface area contributed by atoms with E-state index in [1.54, 1.807) is 19.3 Å². The Balaban J connectivity index is 2.28. The monoisotopic (exact) mass is 243 g/mol. The van der Waals surface area contributed by atoms with Gasteiger partial charge in [-0.1, -0.05) is 30.3 Å². The molecule has 5 heteroatoms. The number of carbonyl (C=O) groups is 1. The Kier molecular flexibility index (Phi) is 3.52. The standard InChI is InChI=1S/C13H13N3O2/c1-2-16(13(17)18)12-14-8-11(9-15-12)10-6-4-3-5-7-10/h3-9H,2H2,1H3,(H,17,18). The van der Waals surface area contributed by atoms with Gasteiger partial charge in [-0.15, -0.1) is 0 Å². The lowest BCUT2D eigenvalue weighted by molar-refractivity contribution is 0.201. The Bertz CT molecular complexity index is 526. The van der Waals surface area contributed by atoms with E-state index in [0.29, 0.717) is 6.54 Å². The van der Waals surface area contributed by atoms with Crippen molar-refractivity contribution < 1.29 is 9.90 Å². The average molecular weight is 243 g/mol. The van der Waals surface area contributed by atoms with Crippen molar-refractivity contribution in [2.24, 2.45) is 0 Å². The van der Waals surface area contributed by atoms with E-state index in [4.69, 9.17) is 5.11 Å². The van der Waals surface area contributed by atoms with Gasteiger partial charge in [0.05, 0.1) is 0 Å². The molecular formula is C13H13N3O2. The summed E-state index contributed by atoms with van der Waals surface area (Å²) in [5.74, 6) is 0.199. The maximum absolute atomic E-state index is 10.9. The summed E-state index contributed by atoms with van der Waals surface area (Å²) < 4.78 is 0. The van der Waals surface area contributed by atoms with Crippen LogP contribution >= 0.6 is 0 Å². The molecule has 0 saturated carbocycles. The average Bonchev–Trinajstić information content (AvgIpc) is 2.41. The molecule has 1 amide bonds. The summed E-state index contributed by atoms with van der Waals surface area (Å²) in [6.07, 6.45) is 2.21.